The molecule has 36 heavy (non-hydrogen) atoms. The van der Waals surface area contributed by atoms with E-state index < -0.39 is 0 Å². The van der Waals surface area contributed by atoms with Crippen LogP contribution in [0.1, 0.15) is 18.9 Å². The van der Waals surface area contributed by atoms with Crippen LogP contribution in [0.5, 0.6) is 0 Å². The second-order valence-corrected chi connectivity index (χ2v) is 11.4. The standard InChI is InChI=1S/C27H23BrClN3O2S2/c1-2-24(26(34)32-27-31-23(16-35-27)18-8-10-19(28)11-9-18)36-22-5-3-4-21(15-22)30-25(33)14-17-6-12-20(29)13-7-17/h3-13,15-16,24H,2,14H2,1H3,(H,30,33)(H,31,32,34). The van der Waals surface area contributed by atoms with E-state index in [1.807, 2.05) is 73.0 Å². The summed E-state index contributed by atoms with van der Waals surface area (Å²) in [6.07, 6.45) is 0.902. The molecule has 2 N–H and O–H groups in total. The summed E-state index contributed by atoms with van der Waals surface area (Å²) < 4.78 is 1.00. The molecule has 1 atom stereocenters. The second kappa shape index (κ2) is 12.5. The molecule has 0 saturated carbocycles. The Balaban J connectivity index is 1.35. The highest BCUT2D eigenvalue weighted by molar-refractivity contribution is 9.10. The van der Waals surface area contributed by atoms with Crippen LogP contribution in [0.4, 0.5) is 10.8 Å². The normalized spacial score (nSPS) is 11.6. The van der Waals surface area contributed by atoms with Crippen LogP contribution in [0.25, 0.3) is 11.3 Å². The summed E-state index contributed by atoms with van der Waals surface area (Å²) in [7, 11) is 0. The van der Waals surface area contributed by atoms with Crippen molar-refractivity contribution in [3.8, 4) is 11.3 Å². The first-order valence-electron chi connectivity index (χ1n) is 11.2. The molecule has 0 aliphatic carbocycles. The molecule has 9 heteroatoms. The van der Waals surface area contributed by atoms with E-state index in [1.54, 1.807) is 12.1 Å². The van der Waals surface area contributed by atoms with Crippen molar-refractivity contribution < 1.29 is 9.59 Å². The van der Waals surface area contributed by atoms with Crippen LogP contribution in [0.2, 0.25) is 5.02 Å². The molecule has 0 fully saturated rings. The zero-order chi connectivity index (χ0) is 25.5. The zero-order valence-corrected chi connectivity index (χ0v) is 23.3. The van der Waals surface area contributed by atoms with Crippen LogP contribution in [-0.4, -0.2) is 22.0 Å². The van der Waals surface area contributed by atoms with Gasteiger partial charge in [0.05, 0.1) is 17.4 Å². The number of aromatic nitrogens is 1. The van der Waals surface area contributed by atoms with Gasteiger partial charge in [0.15, 0.2) is 5.13 Å². The van der Waals surface area contributed by atoms with Gasteiger partial charge in [0.1, 0.15) is 0 Å². The predicted octanol–water partition coefficient (Wildman–Crippen LogP) is 7.92. The summed E-state index contributed by atoms with van der Waals surface area (Å²) in [4.78, 5) is 30.9. The lowest BCUT2D eigenvalue weighted by atomic mass is 10.1. The summed E-state index contributed by atoms with van der Waals surface area (Å²) in [6.45, 7) is 1.98. The summed E-state index contributed by atoms with van der Waals surface area (Å²) in [5.41, 5.74) is 3.39. The number of rotatable bonds is 9. The van der Waals surface area contributed by atoms with Gasteiger partial charge in [0.25, 0.3) is 0 Å². The molecule has 184 valence electrons. The minimum atomic E-state index is -0.301. The van der Waals surface area contributed by atoms with Crippen molar-refractivity contribution >= 4 is 73.3 Å². The summed E-state index contributed by atoms with van der Waals surface area (Å²) in [5, 5.41) is 8.72. The lowest BCUT2D eigenvalue weighted by Gasteiger charge is -2.14. The number of amides is 2. The molecule has 0 saturated heterocycles. The van der Waals surface area contributed by atoms with Gasteiger partial charge in [-0.15, -0.1) is 23.1 Å². The van der Waals surface area contributed by atoms with E-state index in [1.165, 1.54) is 23.1 Å². The molecule has 1 unspecified atom stereocenters. The maximum absolute atomic E-state index is 13.0. The van der Waals surface area contributed by atoms with Crippen LogP contribution in [-0.2, 0) is 16.0 Å². The average molecular weight is 601 g/mol. The maximum Gasteiger partial charge on any atom is 0.239 e. The lowest BCUT2D eigenvalue weighted by molar-refractivity contribution is -0.116. The van der Waals surface area contributed by atoms with Gasteiger partial charge < -0.3 is 10.6 Å². The summed E-state index contributed by atoms with van der Waals surface area (Å²) in [6, 6.07) is 22.6. The number of carbonyl (C=O) groups excluding carboxylic acids is 2. The Labute approximate surface area is 231 Å². The molecular weight excluding hydrogens is 578 g/mol. The molecule has 0 bridgehead atoms. The van der Waals surface area contributed by atoms with Gasteiger partial charge in [-0.2, -0.15) is 0 Å². The lowest BCUT2D eigenvalue weighted by Crippen LogP contribution is -2.24. The molecule has 0 aliphatic heterocycles. The summed E-state index contributed by atoms with van der Waals surface area (Å²) >= 11 is 12.2. The van der Waals surface area contributed by atoms with Gasteiger partial charge in [0, 0.05) is 31.0 Å². The zero-order valence-electron chi connectivity index (χ0n) is 19.3. The van der Waals surface area contributed by atoms with Crippen molar-refractivity contribution in [3.63, 3.8) is 0 Å². The number of thioether (sulfide) groups is 1. The number of nitrogens with one attached hydrogen (secondary N) is 2. The van der Waals surface area contributed by atoms with E-state index >= 15 is 0 Å². The number of hydrogen-bond donors (Lipinski definition) is 2. The number of nitrogens with zero attached hydrogens (tertiary/aromatic N) is 1. The molecule has 0 spiro atoms. The number of hydrogen-bond acceptors (Lipinski definition) is 5. The van der Waals surface area contributed by atoms with Gasteiger partial charge in [-0.25, -0.2) is 4.98 Å². The third-order valence-electron chi connectivity index (χ3n) is 5.21. The molecule has 4 rings (SSSR count). The highest BCUT2D eigenvalue weighted by Gasteiger charge is 2.20. The van der Waals surface area contributed by atoms with Crippen molar-refractivity contribution in [2.75, 3.05) is 10.6 Å². The first-order valence-corrected chi connectivity index (χ1v) is 14.2. The first-order chi connectivity index (χ1) is 17.4. The number of carbonyl (C=O) groups is 2. The van der Waals surface area contributed by atoms with Crippen molar-refractivity contribution in [3.05, 3.63) is 93.2 Å². The van der Waals surface area contributed by atoms with E-state index in [0.717, 1.165) is 26.2 Å². The fraction of sp³-hybridized carbons (Fsp3) is 0.148. The minimum absolute atomic E-state index is 0.101. The summed E-state index contributed by atoms with van der Waals surface area (Å²) in [5.74, 6) is -0.217. The fourth-order valence-electron chi connectivity index (χ4n) is 3.40. The largest absolute Gasteiger partial charge is 0.326 e. The van der Waals surface area contributed by atoms with Gasteiger partial charge in [-0.05, 0) is 54.4 Å². The quantitative estimate of drug-likeness (QED) is 0.192. The van der Waals surface area contributed by atoms with E-state index in [9.17, 15) is 9.59 Å². The molecule has 0 radical (unpaired) electrons. The first kappa shape index (κ1) is 26.4. The van der Waals surface area contributed by atoms with Crippen LogP contribution < -0.4 is 10.6 Å². The smallest absolute Gasteiger partial charge is 0.239 e. The molecule has 1 heterocycles. The van der Waals surface area contributed by atoms with E-state index in [4.69, 9.17) is 11.6 Å². The topological polar surface area (TPSA) is 71.1 Å². The number of benzene rings is 3. The molecular formula is C27H23BrClN3O2S2. The Hall–Kier alpha value is -2.65. The molecule has 5 nitrogen and oxygen atoms in total. The second-order valence-electron chi connectivity index (χ2n) is 7.93. The van der Waals surface area contributed by atoms with Crippen LogP contribution in [0.3, 0.4) is 0 Å². The minimum Gasteiger partial charge on any atom is -0.326 e. The van der Waals surface area contributed by atoms with Gasteiger partial charge in [0.2, 0.25) is 11.8 Å². The molecule has 2 amide bonds. The van der Waals surface area contributed by atoms with Crippen molar-refractivity contribution in [2.45, 2.75) is 29.9 Å². The number of halogens is 2. The van der Waals surface area contributed by atoms with Crippen molar-refractivity contribution in [1.29, 1.82) is 0 Å². The average Bonchev–Trinajstić information content (AvgIpc) is 3.33. The Morgan fingerprint density at radius 1 is 1.06 bits per heavy atom. The molecule has 3 aromatic carbocycles. The van der Waals surface area contributed by atoms with Crippen molar-refractivity contribution in [2.24, 2.45) is 0 Å². The highest BCUT2D eigenvalue weighted by Crippen LogP contribution is 2.30. The highest BCUT2D eigenvalue weighted by atomic mass is 79.9. The van der Waals surface area contributed by atoms with Crippen LogP contribution in [0, 0.1) is 0 Å². The van der Waals surface area contributed by atoms with E-state index in [0.29, 0.717) is 22.3 Å². The third-order valence-corrected chi connectivity index (χ3v) is 8.11. The Morgan fingerprint density at radius 3 is 2.53 bits per heavy atom. The van der Waals surface area contributed by atoms with Crippen LogP contribution >= 0.6 is 50.6 Å². The van der Waals surface area contributed by atoms with E-state index in [-0.39, 0.29) is 23.5 Å². The Morgan fingerprint density at radius 2 is 1.81 bits per heavy atom. The number of anilines is 2. The van der Waals surface area contributed by atoms with Crippen molar-refractivity contribution in [1.82, 2.24) is 4.98 Å². The molecule has 0 aliphatic rings. The fourth-order valence-corrected chi connectivity index (χ4v) is 5.52. The monoisotopic (exact) mass is 599 g/mol. The van der Waals surface area contributed by atoms with Gasteiger partial charge in [-0.1, -0.05) is 64.8 Å². The predicted molar refractivity (Wildman–Crippen MR) is 154 cm³/mol. The van der Waals surface area contributed by atoms with E-state index in [2.05, 4.69) is 31.5 Å². The van der Waals surface area contributed by atoms with Gasteiger partial charge >= 0.3 is 0 Å². The number of thiazole rings is 1. The van der Waals surface area contributed by atoms with Gasteiger partial charge in [-0.3, -0.25) is 9.59 Å². The Kier molecular flexibility index (Phi) is 9.20. The maximum atomic E-state index is 13.0. The Bertz CT molecular complexity index is 1340. The SMILES string of the molecule is CCC(Sc1cccc(NC(=O)Cc2ccc(Cl)cc2)c1)C(=O)Nc1nc(-c2ccc(Br)cc2)cs1. The third kappa shape index (κ3) is 7.43. The molecule has 1 aromatic heterocycles. The van der Waals surface area contributed by atoms with Crippen LogP contribution in [0.15, 0.2) is 87.5 Å². The molecule has 4 aromatic rings.